The summed E-state index contributed by atoms with van der Waals surface area (Å²) < 4.78 is 1.86. The highest BCUT2D eigenvalue weighted by atomic mass is 16.2. The summed E-state index contributed by atoms with van der Waals surface area (Å²) in [6, 6.07) is 0.370. The second kappa shape index (κ2) is 7.90. The number of hydrogen-bond acceptors (Lipinski definition) is 4. The summed E-state index contributed by atoms with van der Waals surface area (Å²) in [5.74, 6) is 1.44. The maximum absolute atomic E-state index is 12.3. The Hall–Kier alpha value is -1.43. The van der Waals surface area contributed by atoms with Crippen molar-refractivity contribution < 1.29 is 4.79 Å². The Balaban J connectivity index is 1.46. The summed E-state index contributed by atoms with van der Waals surface area (Å²) in [4.78, 5) is 12.3. The molecule has 1 aromatic heterocycles. The molecular weight excluding hydrogens is 290 g/mol. The molecule has 1 saturated carbocycles. The van der Waals surface area contributed by atoms with Gasteiger partial charge in [0.2, 0.25) is 0 Å². The quantitative estimate of drug-likeness (QED) is 0.872. The molecule has 3 rings (SSSR count). The molecule has 0 bridgehead atoms. The third kappa shape index (κ3) is 4.31. The van der Waals surface area contributed by atoms with Gasteiger partial charge in [0.25, 0.3) is 5.91 Å². The fourth-order valence-electron chi connectivity index (χ4n) is 3.80. The second-order valence-corrected chi connectivity index (χ2v) is 7.07. The lowest BCUT2D eigenvalue weighted by Gasteiger charge is -2.27. The maximum atomic E-state index is 12.3. The van der Waals surface area contributed by atoms with E-state index >= 15 is 0 Å². The van der Waals surface area contributed by atoms with Crippen LogP contribution in [0.3, 0.4) is 0 Å². The van der Waals surface area contributed by atoms with Crippen LogP contribution >= 0.6 is 0 Å². The van der Waals surface area contributed by atoms with Crippen molar-refractivity contribution in [3.05, 3.63) is 11.9 Å². The van der Waals surface area contributed by atoms with E-state index in [9.17, 15) is 4.79 Å². The minimum atomic E-state index is -0.0807. The van der Waals surface area contributed by atoms with E-state index in [4.69, 9.17) is 0 Å². The van der Waals surface area contributed by atoms with Gasteiger partial charge < -0.3 is 10.6 Å². The summed E-state index contributed by atoms with van der Waals surface area (Å²) in [7, 11) is 0. The largest absolute Gasteiger partial charge is 0.350 e. The van der Waals surface area contributed by atoms with Crippen molar-refractivity contribution in [2.75, 3.05) is 19.6 Å². The SMILES string of the molecule is CCC1CCC(CNC(=O)c2cn(C3CCNCC3)nn2)CC1. The highest BCUT2D eigenvalue weighted by Crippen LogP contribution is 2.30. The zero-order valence-corrected chi connectivity index (χ0v) is 14.1. The third-order valence-corrected chi connectivity index (χ3v) is 5.52. The van der Waals surface area contributed by atoms with Gasteiger partial charge in [-0.05, 0) is 50.6 Å². The molecule has 2 heterocycles. The fraction of sp³-hybridized carbons (Fsp3) is 0.824. The molecule has 0 unspecified atom stereocenters. The lowest BCUT2D eigenvalue weighted by molar-refractivity contribution is 0.0936. The van der Waals surface area contributed by atoms with Gasteiger partial charge in [-0.2, -0.15) is 0 Å². The minimum absolute atomic E-state index is 0.0807. The summed E-state index contributed by atoms with van der Waals surface area (Å²) in [6.45, 7) is 5.06. The van der Waals surface area contributed by atoms with Gasteiger partial charge in [-0.25, -0.2) is 4.68 Å². The van der Waals surface area contributed by atoms with E-state index in [0.717, 1.165) is 38.4 Å². The average Bonchev–Trinajstić information content (AvgIpc) is 3.11. The Morgan fingerprint density at radius 2 is 1.91 bits per heavy atom. The number of carbonyl (C=O) groups is 1. The van der Waals surface area contributed by atoms with Crippen molar-refractivity contribution in [1.29, 1.82) is 0 Å². The van der Waals surface area contributed by atoms with Crippen LogP contribution in [0.15, 0.2) is 6.20 Å². The average molecular weight is 319 g/mol. The molecule has 1 amide bonds. The van der Waals surface area contributed by atoms with E-state index in [1.807, 2.05) is 4.68 Å². The van der Waals surface area contributed by atoms with Gasteiger partial charge in [0.1, 0.15) is 0 Å². The Morgan fingerprint density at radius 3 is 2.61 bits per heavy atom. The van der Waals surface area contributed by atoms with Crippen LogP contribution in [0.2, 0.25) is 0 Å². The van der Waals surface area contributed by atoms with E-state index in [-0.39, 0.29) is 5.91 Å². The molecule has 1 aliphatic heterocycles. The molecular formula is C17H29N5O. The molecule has 6 heteroatoms. The predicted octanol–water partition coefficient (Wildman–Crippen LogP) is 2.15. The molecule has 128 valence electrons. The Kier molecular flexibility index (Phi) is 5.65. The zero-order valence-electron chi connectivity index (χ0n) is 14.1. The first-order valence-electron chi connectivity index (χ1n) is 9.17. The number of nitrogens with one attached hydrogen (secondary N) is 2. The minimum Gasteiger partial charge on any atom is -0.350 e. The number of aromatic nitrogens is 3. The van der Waals surface area contributed by atoms with Crippen molar-refractivity contribution in [2.45, 2.75) is 57.9 Å². The summed E-state index contributed by atoms with van der Waals surface area (Å²) in [5.41, 5.74) is 0.450. The first-order valence-corrected chi connectivity index (χ1v) is 9.17. The monoisotopic (exact) mass is 319 g/mol. The number of piperidine rings is 1. The predicted molar refractivity (Wildman–Crippen MR) is 89.2 cm³/mol. The van der Waals surface area contributed by atoms with Crippen LogP contribution in [0.1, 0.15) is 68.4 Å². The maximum Gasteiger partial charge on any atom is 0.273 e. The number of amides is 1. The van der Waals surface area contributed by atoms with Crippen molar-refractivity contribution >= 4 is 5.91 Å². The summed E-state index contributed by atoms with van der Waals surface area (Å²) in [5, 5.41) is 14.6. The van der Waals surface area contributed by atoms with Gasteiger partial charge in [-0.15, -0.1) is 5.10 Å². The van der Waals surface area contributed by atoms with Crippen LogP contribution in [0, 0.1) is 11.8 Å². The van der Waals surface area contributed by atoms with Crippen LogP contribution < -0.4 is 10.6 Å². The van der Waals surface area contributed by atoms with E-state index in [1.165, 1.54) is 32.1 Å². The second-order valence-electron chi connectivity index (χ2n) is 7.07. The van der Waals surface area contributed by atoms with Gasteiger partial charge in [-0.3, -0.25) is 4.79 Å². The van der Waals surface area contributed by atoms with Crippen LogP contribution in [0.25, 0.3) is 0 Å². The molecule has 6 nitrogen and oxygen atoms in total. The Bertz CT molecular complexity index is 501. The number of carbonyl (C=O) groups excluding carboxylic acids is 1. The molecule has 0 aromatic carbocycles. The Labute approximate surface area is 138 Å². The first-order chi connectivity index (χ1) is 11.3. The lowest BCUT2D eigenvalue weighted by Crippen LogP contribution is -2.31. The lowest BCUT2D eigenvalue weighted by atomic mass is 9.81. The zero-order chi connectivity index (χ0) is 16.1. The topological polar surface area (TPSA) is 71.8 Å². The molecule has 1 aliphatic carbocycles. The first kappa shape index (κ1) is 16.4. The van der Waals surface area contributed by atoms with Crippen molar-refractivity contribution in [3.63, 3.8) is 0 Å². The van der Waals surface area contributed by atoms with Gasteiger partial charge >= 0.3 is 0 Å². The summed E-state index contributed by atoms with van der Waals surface area (Å²) >= 11 is 0. The molecule has 23 heavy (non-hydrogen) atoms. The van der Waals surface area contributed by atoms with Crippen molar-refractivity contribution in [2.24, 2.45) is 11.8 Å². The number of hydrogen-bond donors (Lipinski definition) is 2. The molecule has 1 saturated heterocycles. The molecule has 0 spiro atoms. The van der Waals surface area contributed by atoms with E-state index in [2.05, 4.69) is 27.9 Å². The molecule has 0 radical (unpaired) electrons. The molecule has 2 fully saturated rings. The third-order valence-electron chi connectivity index (χ3n) is 5.52. The van der Waals surface area contributed by atoms with Gasteiger partial charge in [0.05, 0.1) is 12.2 Å². The van der Waals surface area contributed by atoms with Crippen molar-refractivity contribution in [1.82, 2.24) is 25.6 Å². The van der Waals surface area contributed by atoms with E-state index in [0.29, 0.717) is 17.7 Å². The van der Waals surface area contributed by atoms with Gasteiger partial charge in [0, 0.05) is 6.54 Å². The van der Waals surface area contributed by atoms with Crippen LogP contribution in [0.5, 0.6) is 0 Å². The van der Waals surface area contributed by atoms with Crippen LogP contribution in [0.4, 0.5) is 0 Å². The standard InChI is InChI=1S/C17H29N5O/c1-2-13-3-5-14(6-4-13)11-19-17(23)16-12-22(21-20-16)15-7-9-18-10-8-15/h12-15,18H,2-11H2,1H3,(H,19,23). The van der Waals surface area contributed by atoms with E-state index in [1.54, 1.807) is 6.20 Å². The Morgan fingerprint density at radius 1 is 1.22 bits per heavy atom. The number of rotatable bonds is 5. The van der Waals surface area contributed by atoms with Crippen LogP contribution in [-0.4, -0.2) is 40.5 Å². The van der Waals surface area contributed by atoms with Crippen molar-refractivity contribution in [3.8, 4) is 0 Å². The van der Waals surface area contributed by atoms with E-state index < -0.39 is 0 Å². The summed E-state index contributed by atoms with van der Waals surface area (Å²) in [6.07, 6.45) is 10.3. The molecule has 0 atom stereocenters. The number of nitrogens with zero attached hydrogens (tertiary/aromatic N) is 3. The van der Waals surface area contributed by atoms with Gasteiger partial charge in [-0.1, -0.05) is 31.4 Å². The molecule has 2 N–H and O–H groups in total. The highest BCUT2D eigenvalue weighted by molar-refractivity contribution is 5.91. The normalized spacial score (nSPS) is 26.1. The van der Waals surface area contributed by atoms with Crippen LogP contribution in [-0.2, 0) is 0 Å². The highest BCUT2D eigenvalue weighted by Gasteiger charge is 2.22. The smallest absolute Gasteiger partial charge is 0.273 e. The molecule has 2 aliphatic rings. The molecule has 1 aromatic rings. The van der Waals surface area contributed by atoms with Gasteiger partial charge in [0.15, 0.2) is 5.69 Å². The fourth-order valence-corrected chi connectivity index (χ4v) is 3.80.